The minimum atomic E-state index is 0.0506. The summed E-state index contributed by atoms with van der Waals surface area (Å²) in [6.45, 7) is 1.30. The zero-order valence-electron chi connectivity index (χ0n) is 11.2. The fraction of sp³-hybridized carbons (Fsp3) is 0.857. The number of hydrogen-bond donors (Lipinski definition) is 2. The van der Waals surface area contributed by atoms with Gasteiger partial charge in [-0.15, -0.1) is 0 Å². The zero-order valence-corrected chi connectivity index (χ0v) is 11.2. The number of unbranched alkanes of at least 4 members (excludes halogenated alkanes) is 2. The van der Waals surface area contributed by atoms with E-state index >= 15 is 0 Å². The monoisotopic (exact) mass is 251 g/mol. The van der Waals surface area contributed by atoms with Gasteiger partial charge < -0.3 is 11.1 Å². The fourth-order valence-corrected chi connectivity index (χ4v) is 2.71. The molecule has 0 saturated heterocycles. The smallest absolute Gasteiger partial charge is 0.220 e. The van der Waals surface area contributed by atoms with Gasteiger partial charge >= 0.3 is 0 Å². The molecule has 0 radical (unpaired) electrons. The van der Waals surface area contributed by atoms with Crippen LogP contribution < -0.4 is 11.1 Å². The molecule has 0 spiro atoms. The van der Waals surface area contributed by atoms with E-state index in [1.165, 1.54) is 19.3 Å². The van der Waals surface area contributed by atoms with Crippen LogP contribution in [0.5, 0.6) is 0 Å². The molecule has 1 fully saturated rings. The van der Waals surface area contributed by atoms with Crippen LogP contribution in [0.3, 0.4) is 0 Å². The lowest BCUT2D eigenvalue weighted by atomic mass is 9.71. The summed E-state index contributed by atoms with van der Waals surface area (Å²) in [6, 6.07) is 2.11. The first kappa shape index (κ1) is 15.0. The van der Waals surface area contributed by atoms with E-state index in [0.29, 0.717) is 25.9 Å². The van der Waals surface area contributed by atoms with E-state index < -0.39 is 0 Å². The Morgan fingerprint density at radius 1 is 1.28 bits per heavy atom. The average molecular weight is 251 g/mol. The van der Waals surface area contributed by atoms with Crippen LogP contribution in [0.1, 0.15) is 57.8 Å². The first-order chi connectivity index (χ1) is 8.72. The van der Waals surface area contributed by atoms with E-state index in [2.05, 4.69) is 11.4 Å². The summed E-state index contributed by atoms with van der Waals surface area (Å²) < 4.78 is 0. The van der Waals surface area contributed by atoms with Crippen molar-refractivity contribution in [2.75, 3.05) is 13.1 Å². The summed E-state index contributed by atoms with van der Waals surface area (Å²) in [5.41, 5.74) is 5.92. The van der Waals surface area contributed by atoms with Crippen molar-refractivity contribution in [2.45, 2.75) is 57.8 Å². The number of hydrogen-bond acceptors (Lipinski definition) is 3. The van der Waals surface area contributed by atoms with Crippen molar-refractivity contribution < 1.29 is 4.79 Å². The molecule has 3 N–H and O–H groups in total. The van der Waals surface area contributed by atoms with Gasteiger partial charge in [0.15, 0.2) is 0 Å². The largest absolute Gasteiger partial charge is 0.356 e. The molecule has 0 aromatic heterocycles. The Morgan fingerprint density at radius 3 is 2.61 bits per heavy atom. The number of carbonyl (C=O) groups excluding carboxylic acids is 1. The lowest BCUT2D eigenvalue weighted by Crippen LogP contribution is -2.38. The minimum absolute atomic E-state index is 0.0506. The topological polar surface area (TPSA) is 78.9 Å². The number of carbonyl (C=O) groups is 1. The van der Waals surface area contributed by atoms with Gasteiger partial charge in [-0.2, -0.15) is 5.26 Å². The van der Waals surface area contributed by atoms with Gasteiger partial charge in [0.2, 0.25) is 5.91 Å². The van der Waals surface area contributed by atoms with Gasteiger partial charge in [0.25, 0.3) is 0 Å². The Kier molecular flexibility index (Phi) is 6.74. The summed E-state index contributed by atoms with van der Waals surface area (Å²) in [5.74, 6) is 0.124. The molecule has 0 bridgehead atoms. The van der Waals surface area contributed by atoms with Crippen LogP contribution in [0.25, 0.3) is 0 Å². The van der Waals surface area contributed by atoms with Crippen LogP contribution in [0.2, 0.25) is 0 Å². The Balaban J connectivity index is 2.23. The van der Waals surface area contributed by atoms with Gasteiger partial charge in [0.05, 0.1) is 6.07 Å². The van der Waals surface area contributed by atoms with Crippen LogP contribution in [-0.4, -0.2) is 19.0 Å². The van der Waals surface area contributed by atoms with Gasteiger partial charge in [-0.1, -0.05) is 19.3 Å². The average Bonchev–Trinajstić information content (AvgIpc) is 2.39. The fourth-order valence-electron chi connectivity index (χ4n) is 2.71. The summed E-state index contributed by atoms with van der Waals surface area (Å²) >= 11 is 0. The summed E-state index contributed by atoms with van der Waals surface area (Å²) in [6.07, 6.45) is 8.74. The van der Waals surface area contributed by atoms with Crippen molar-refractivity contribution in [3.63, 3.8) is 0 Å². The van der Waals surface area contributed by atoms with E-state index in [1.54, 1.807) is 0 Å². The SMILES string of the molecule is N#CCCCCNC(=O)CC1(CN)CCCCC1. The molecule has 1 rings (SSSR count). The van der Waals surface area contributed by atoms with Crippen molar-refractivity contribution in [2.24, 2.45) is 11.1 Å². The first-order valence-corrected chi connectivity index (χ1v) is 7.06. The highest BCUT2D eigenvalue weighted by molar-refractivity contribution is 5.76. The second-order valence-electron chi connectivity index (χ2n) is 5.41. The van der Waals surface area contributed by atoms with Gasteiger partial charge in [0, 0.05) is 19.4 Å². The van der Waals surface area contributed by atoms with Gasteiger partial charge in [-0.05, 0) is 37.6 Å². The van der Waals surface area contributed by atoms with Crippen LogP contribution in [0.15, 0.2) is 0 Å². The summed E-state index contributed by atoms with van der Waals surface area (Å²) in [5, 5.41) is 11.3. The van der Waals surface area contributed by atoms with Crippen LogP contribution in [0, 0.1) is 16.7 Å². The van der Waals surface area contributed by atoms with Crippen LogP contribution in [-0.2, 0) is 4.79 Å². The molecule has 4 nitrogen and oxygen atoms in total. The van der Waals surface area contributed by atoms with Crippen LogP contribution >= 0.6 is 0 Å². The van der Waals surface area contributed by atoms with Gasteiger partial charge in [-0.3, -0.25) is 4.79 Å². The molecular formula is C14H25N3O. The van der Waals surface area contributed by atoms with E-state index in [4.69, 9.17) is 11.0 Å². The lowest BCUT2D eigenvalue weighted by molar-refractivity contribution is -0.123. The van der Waals surface area contributed by atoms with Crippen molar-refractivity contribution in [1.82, 2.24) is 5.32 Å². The number of rotatable bonds is 7. The van der Waals surface area contributed by atoms with Gasteiger partial charge in [0.1, 0.15) is 0 Å². The number of nitriles is 1. The predicted octanol–water partition coefficient (Wildman–Crippen LogP) is 2.10. The standard InChI is InChI=1S/C14H25N3O/c15-9-5-2-6-10-17-13(18)11-14(12-16)7-3-1-4-8-14/h1-8,10-12,16H2,(H,17,18). The number of nitrogens with zero attached hydrogens (tertiary/aromatic N) is 1. The quantitative estimate of drug-likeness (QED) is 0.680. The summed E-state index contributed by atoms with van der Waals surface area (Å²) in [7, 11) is 0. The molecule has 0 heterocycles. The molecule has 102 valence electrons. The zero-order chi connectivity index (χ0) is 13.3. The highest BCUT2D eigenvalue weighted by Gasteiger charge is 2.32. The third-order valence-electron chi connectivity index (χ3n) is 3.92. The molecule has 1 aliphatic carbocycles. The predicted molar refractivity (Wildman–Crippen MR) is 71.7 cm³/mol. The van der Waals surface area contributed by atoms with E-state index in [0.717, 1.165) is 25.7 Å². The minimum Gasteiger partial charge on any atom is -0.356 e. The van der Waals surface area contributed by atoms with E-state index in [-0.39, 0.29) is 11.3 Å². The molecule has 0 aliphatic heterocycles. The molecule has 0 atom stereocenters. The van der Waals surface area contributed by atoms with Crippen molar-refractivity contribution >= 4 is 5.91 Å². The molecule has 0 unspecified atom stereocenters. The number of amides is 1. The highest BCUT2D eigenvalue weighted by atomic mass is 16.1. The number of nitrogens with one attached hydrogen (secondary N) is 1. The third kappa shape index (κ3) is 5.05. The lowest BCUT2D eigenvalue weighted by Gasteiger charge is -2.35. The molecule has 1 aliphatic rings. The molecule has 1 amide bonds. The third-order valence-corrected chi connectivity index (χ3v) is 3.92. The normalized spacial score (nSPS) is 18.0. The Hall–Kier alpha value is -1.08. The van der Waals surface area contributed by atoms with Crippen molar-refractivity contribution in [3.8, 4) is 6.07 Å². The van der Waals surface area contributed by atoms with Gasteiger partial charge in [-0.25, -0.2) is 0 Å². The first-order valence-electron chi connectivity index (χ1n) is 7.06. The second-order valence-corrected chi connectivity index (χ2v) is 5.41. The molecule has 0 aromatic rings. The molecule has 18 heavy (non-hydrogen) atoms. The maximum absolute atomic E-state index is 11.9. The van der Waals surface area contributed by atoms with Crippen molar-refractivity contribution in [3.05, 3.63) is 0 Å². The van der Waals surface area contributed by atoms with Crippen molar-refractivity contribution in [1.29, 1.82) is 5.26 Å². The Morgan fingerprint density at radius 2 is 2.00 bits per heavy atom. The van der Waals surface area contributed by atoms with E-state index in [1.807, 2.05) is 0 Å². The highest BCUT2D eigenvalue weighted by Crippen LogP contribution is 2.38. The van der Waals surface area contributed by atoms with E-state index in [9.17, 15) is 4.79 Å². The maximum atomic E-state index is 11.9. The molecular weight excluding hydrogens is 226 g/mol. The Bertz CT molecular complexity index is 290. The molecule has 0 aromatic carbocycles. The maximum Gasteiger partial charge on any atom is 0.220 e. The Labute approximate surface area is 110 Å². The van der Waals surface area contributed by atoms with Crippen LogP contribution in [0.4, 0.5) is 0 Å². The molecule has 4 heteroatoms. The second kappa shape index (κ2) is 8.10. The molecule has 1 saturated carbocycles. The number of nitrogens with two attached hydrogens (primary N) is 1. The summed E-state index contributed by atoms with van der Waals surface area (Å²) in [4.78, 5) is 11.9.